The van der Waals surface area contributed by atoms with Gasteiger partial charge in [-0.3, -0.25) is 14.9 Å². The Morgan fingerprint density at radius 2 is 1.86 bits per heavy atom. The van der Waals surface area contributed by atoms with Crippen LogP contribution in [0.15, 0.2) is 54.9 Å². The zero-order valence-electron chi connectivity index (χ0n) is 23.7. The molecule has 1 saturated heterocycles. The Hall–Kier alpha value is -3.53. The average Bonchev–Trinajstić information content (AvgIpc) is 3.76. The summed E-state index contributed by atoms with van der Waals surface area (Å²) in [4.78, 5) is 24.0. The number of piperidine rings is 1. The number of fused-ring (bicyclic) bond motifs is 1. The first-order chi connectivity index (χ1) is 20.5. The molecule has 42 heavy (non-hydrogen) atoms. The van der Waals surface area contributed by atoms with E-state index >= 15 is 0 Å². The van der Waals surface area contributed by atoms with Crippen molar-refractivity contribution in [2.75, 3.05) is 18.4 Å². The predicted octanol–water partition coefficient (Wildman–Crippen LogP) is 6.66. The molecule has 1 aliphatic heterocycles. The molecule has 0 bridgehead atoms. The SMILES string of the molecule is Cc1c(NC(=O)Oc2ncc3cc(Cl)c(C4CCN(C5CCC5OCc5ccccc5)CC4)cc3n2)cnn1C1CC1. The van der Waals surface area contributed by atoms with Crippen LogP contribution < -0.4 is 10.1 Å². The Morgan fingerprint density at radius 1 is 1.05 bits per heavy atom. The number of halogens is 1. The van der Waals surface area contributed by atoms with Crippen molar-refractivity contribution in [1.29, 1.82) is 0 Å². The lowest BCUT2D eigenvalue weighted by atomic mass is 9.83. The minimum Gasteiger partial charge on any atom is -0.374 e. The topological polar surface area (TPSA) is 94.4 Å². The number of carbonyl (C=O) groups is 1. The highest BCUT2D eigenvalue weighted by atomic mass is 35.5. The first kappa shape index (κ1) is 27.3. The predicted molar refractivity (Wildman–Crippen MR) is 161 cm³/mol. The molecule has 2 atom stereocenters. The third-order valence-electron chi connectivity index (χ3n) is 8.96. The lowest BCUT2D eigenvalue weighted by molar-refractivity contribution is -0.0839. The van der Waals surface area contributed by atoms with Gasteiger partial charge in [-0.2, -0.15) is 10.1 Å². The number of benzene rings is 2. The van der Waals surface area contributed by atoms with Crippen molar-refractivity contribution in [3.8, 4) is 6.01 Å². The van der Waals surface area contributed by atoms with Crippen molar-refractivity contribution in [1.82, 2.24) is 24.6 Å². The molecule has 2 aromatic heterocycles. The summed E-state index contributed by atoms with van der Waals surface area (Å²) in [6.45, 7) is 4.65. The fourth-order valence-electron chi connectivity index (χ4n) is 6.25. The van der Waals surface area contributed by atoms with Crippen molar-refractivity contribution in [2.24, 2.45) is 0 Å². The van der Waals surface area contributed by atoms with E-state index in [9.17, 15) is 4.79 Å². The first-order valence-electron chi connectivity index (χ1n) is 14.9. The van der Waals surface area contributed by atoms with E-state index in [0.717, 1.165) is 66.9 Å². The van der Waals surface area contributed by atoms with Gasteiger partial charge in [-0.15, -0.1) is 0 Å². The Kier molecular flexibility index (Phi) is 7.56. The van der Waals surface area contributed by atoms with Crippen molar-refractivity contribution >= 4 is 34.3 Å². The van der Waals surface area contributed by atoms with Gasteiger partial charge in [0.2, 0.25) is 0 Å². The normalized spacial score (nSPS) is 21.3. The van der Waals surface area contributed by atoms with Crippen LogP contribution in [0.3, 0.4) is 0 Å². The fourth-order valence-corrected chi connectivity index (χ4v) is 6.57. The molecule has 3 heterocycles. The number of anilines is 1. The second-order valence-corrected chi connectivity index (χ2v) is 12.1. The molecular formula is C32H35ClN6O3. The molecule has 10 heteroatoms. The smallest absolute Gasteiger partial charge is 0.374 e. The van der Waals surface area contributed by atoms with Crippen molar-refractivity contribution in [3.63, 3.8) is 0 Å². The maximum absolute atomic E-state index is 12.6. The third kappa shape index (κ3) is 5.73. The van der Waals surface area contributed by atoms with Crippen LogP contribution in [-0.4, -0.2) is 56.0 Å². The van der Waals surface area contributed by atoms with Crippen molar-refractivity contribution < 1.29 is 14.3 Å². The highest BCUT2D eigenvalue weighted by molar-refractivity contribution is 6.32. The van der Waals surface area contributed by atoms with Crippen LogP contribution in [-0.2, 0) is 11.3 Å². The summed E-state index contributed by atoms with van der Waals surface area (Å²) in [7, 11) is 0. The van der Waals surface area contributed by atoms with Gasteiger partial charge in [0.15, 0.2) is 0 Å². The van der Waals surface area contributed by atoms with E-state index in [2.05, 4.69) is 49.5 Å². The van der Waals surface area contributed by atoms with Gasteiger partial charge in [0, 0.05) is 22.6 Å². The van der Waals surface area contributed by atoms with Gasteiger partial charge >= 0.3 is 12.1 Å². The molecule has 0 spiro atoms. The van der Waals surface area contributed by atoms with Crippen LogP contribution in [0.4, 0.5) is 10.5 Å². The summed E-state index contributed by atoms with van der Waals surface area (Å²) >= 11 is 6.76. The molecule has 2 aliphatic carbocycles. The van der Waals surface area contributed by atoms with Crippen LogP contribution in [0.1, 0.15) is 67.3 Å². The number of carbonyl (C=O) groups excluding carboxylic acids is 1. The summed E-state index contributed by atoms with van der Waals surface area (Å²) < 4.78 is 13.7. The molecule has 3 fully saturated rings. The van der Waals surface area contributed by atoms with Gasteiger partial charge < -0.3 is 9.47 Å². The third-order valence-corrected chi connectivity index (χ3v) is 9.28. The maximum atomic E-state index is 12.6. The molecule has 2 unspecified atom stereocenters. The number of hydrogen-bond acceptors (Lipinski definition) is 7. The van der Waals surface area contributed by atoms with Crippen LogP contribution in [0.5, 0.6) is 6.01 Å². The van der Waals surface area contributed by atoms with Gasteiger partial charge in [-0.25, -0.2) is 9.78 Å². The Bertz CT molecular complexity index is 1580. The number of aromatic nitrogens is 4. The van der Waals surface area contributed by atoms with Crippen LogP contribution in [0.2, 0.25) is 5.02 Å². The molecule has 9 nitrogen and oxygen atoms in total. The van der Waals surface area contributed by atoms with E-state index in [1.165, 1.54) is 12.0 Å². The fraction of sp³-hybridized carbons (Fsp3) is 0.438. The molecule has 218 valence electrons. The van der Waals surface area contributed by atoms with E-state index in [-0.39, 0.29) is 6.01 Å². The number of hydrogen-bond donors (Lipinski definition) is 1. The number of nitrogens with zero attached hydrogens (tertiary/aromatic N) is 5. The minimum atomic E-state index is -0.642. The summed E-state index contributed by atoms with van der Waals surface area (Å²) in [6.07, 6.45) is 9.56. The number of amides is 1. The lowest BCUT2D eigenvalue weighted by Crippen LogP contribution is -2.53. The van der Waals surface area contributed by atoms with Gasteiger partial charge in [0.1, 0.15) is 0 Å². The molecule has 4 aromatic rings. The van der Waals surface area contributed by atoms with Gasteiger partial charge in [-0.1, -0.05) is 41.9 Å². The second kappa shape index (κ2) is 11.6. The minimum absolute atomic E-state index is 0.00172. The number of nitrogens with one attached hydrogen (secondary N) is 1. The van der Waals surface area contributed by atoms with E-state index in [4.69, 9.17) is 21.1 Å². The molecule has 2 saturated carbocycles. The highest BCUT2D eigenvalue weighted by Crippen LogP contribution is 2.39. The van der Waals surface area contributed by atoms with Crippen molar-refractivity contribution in [2.45, 2.75) is 76.2 Å². The zero-order valence-corrected chi connectivity index (χ0v) is 24.5. The van der Waals surface area contributed by atoms with E-state index in [0.29, 0.717) is 41.9 Å². The molecular weight excluding hydrogens is 552 g/mol. The number of rotatable bonds is 8. The summed E-state index contributed by atoms with van der Waals surface area (Å²) in [5.74, 6) is 0.343. The Labute approximate surface area is 250 Å². The zero-order chi connectivity index (χ0) is 28.6. The monoisotopic (exact) mass is 586 g/mol. The number of likely N-dealkylation sites (tertiary alicyclic amines) is 1. The Balaban J connectivity index is 0.970. The van der Waals surface area contributed by atoms with Crippen LogP contribution >= 0.6 is 11.6 Å². The van der Waals surface area contributed by atoms with Gasteiger partial charge in [0.05, 0.1) is 41.8 Å². The molecule has 1 N–H and O–H groups in total. The average molecular weight is 587 g/mol. The molecule has 0 radical (unpaired) electrons. The largest absolute Gasteiger partial charge is 0.419 e. The van der Waals surface area contributed by atoms with E-state index in [1.54, 1.807) is 12.4 Å². The quantitative estimate of drug-likeness (QED) is 0.247. The first-order valence-corrected chi connectivity index (χ1v) is 15.3. The van der Waals surface area contributed by atoms with Crippen LogP contribution in [0, 0.1) is 6.92 Å². The Morgan fingerprint density at radius 3 is 2.60 bits per heavy atom. The standard InChI is InChI=1S/C32H35ClN6O3/c1-20-28(18-35-39(20)24-7-8-24)37-32(40)42-31-34-17-23-15-26(33)25(16-27(23)36-31)22-11-13-38(14-12-22)29-9-10-30(29)41-19-21-5-3-2-4-6-21/h2-6,15-18,22,24,29-30H,7-14,19H2,1H3,(H,37,40). The molecule has 2 aromatic carbocycles. The van der Waals surface area contributed by atoms with Crippen molar-refractivity contribution in [3.05, 3.63) is 76.7 Å². The van der Waals surface area contributed by atoms with Gasteiger partial charge in [-0.05, 0) is 87.7 Å². The van der Waals surface area contributed by atoms with E-state index < -0.39 is 6.09 Å². The lowest BCUT2D eigenvalue weighted by Gasteiger charge is -2.46. The molecule has 3 aliphatic rings. The highest BCUT2D eigenvalue weighted by Gasteiger charge is 2.38. The summed E-state index contributed by atoms with van der Waals surface area (Å²) in [5.41, 5.74) is 4.56. The molecule has 1 amide bonds. The number of ether oxygens (including phenoxy) is 2. The van der Waals surface area contributed by atoms with Crippen LogP contribution in [0.25, 0.3) is 10.9 Å². The maximum Gasteiger partial charge on any atom is 0.419 e. The summed E-state index contributed by atoms with van der Waals surface area (Å²) in [5, 5.41) is 8.68. The van der Waals surface area contributed by atoms with E-state index in [1.807, 2.05) is 29.8 Å². The van der Waals surface area contributed by atoms with Gasteiger partial charge in [0.25, 0.3) is 0 Å². The second-order valence-electron chi connectivity index (χ2n) is 11.7. The molecule has 7 rings (SSSR count). The summed E-state index contributed by atoms with van der Waals surface area (Å²) in [6, 6.07) is 15.3.